The van der Waals surface area contributed by atoms with Crippen molar-refractivity contribution < 1.29 is 14.3 Å². The van der Waals surface area contributed by atoms with E-state index in [1.54, 1.807) is 18.0 Å². The molecule has 1 heterocycles. The van der Waals surface area contributed by atoms with Crippen molar-refractivity contribution in [3.8, 4) is 11.5 Å². The van der Waals surface area contributed by atoms with Crippen LogP contribution in [0.15, 0.2) is 30.3 Å². The molecule has 0 fully saturated rings. The summed E-state index contributed by atoms with van der Waals surface area (Å²) >= 11 is 0. The number of amides is 1. The first-order valence-corrected chi connectivity index (χ1v) is 9.23. The Kier molecular flexibility index (Phi) is 7.85. The Morgan fingerprint density at radius 3 is 2.63 bits per heavy atom. The van der Waals surface area contributed by atoms with Gasteiger partial charge in [-0.1, -0.05) is 18.2 Å². The van der Waals surface area contributed by atoms with Gasteiger partial charge in [0, 0.05) is 12.2 Å². The third-order valence-corrected chi connectivity index (χ3v) is 4.17. The lowest BCUT2D eigenvalue weighted by Gasteiger charge is -2.11. The van der Waals surface area contributed by atoms with Gasteiger partial charge in [-0.05, 0) is 57.4 Å². The first-order valence-electron chi connectivity index (χ1n) is 9.23. The van der Waals surface area contributed by atoms with Crippen LogP contribution in [0.3, 0.4) is 0 Å². The molecule has 2 aromatic rings. The van der Waals surface area contributed by atoms with Crippen molar-refractivity contribution in [1.29, 1.82) is 0 Å². The molecule has 0 spiro atoms. The Morgan fingerprint density at radius 2 is 2.00 bits per heavy atom. The minimum Gasteiger partial charge on any atom is -0.497 e. The number of ether oxygens (including phenoxy) is 2. The zero-order valence-electron chi connectivity index (χ0n) is 16.4. The fraction of sp³-hybridized carbons (Fsp3) is 0.450. The van der Waals surface area contributed by atoms with Gasteiger partial charge in [-0.2, -0.15) is 0 Å². The van der Waals surface area contributed by atoms with E-state index in [0.29, 0.717) is 18.7 Å². The van der Waals surface area contributed by atoms with Crippen LogP contribution in [0.5, 0.6) is 11.5 Å². The Labute approximate surface area is 160 Å². The maximum absolute atomic E-state index is 12.5. The zero-order valence-corrected chi connectivity index (χ0v) is 16.4. The van der Waals surface area contributed by atoms with Crippen LogP contribution in [0.2, 0.25) is 0 Å². The molecule has 7 heteroatoms. The second kappa shape index (κ2) is 10.4. The Hall–Kier alpha value is -2.83. The van der Waals surface area contributed by atoms with E-state index in [9.17, 15) is 4.79 Å². The van der Waals surface area contributed by atoms with E-state index in [2.05, 4.69) is 15.6 Å². The molecule has 0 aliphatic heterocycles. The lowest BCUT2D eigenvalue weighted by Crippen LogP contribution is -2.33. The van der Waals surface area contributed by atoms with Crippen LogP contribution in [0.4, 0.5) is 0 Å². The van der Waals surface area contributed by atoms with Crippen molar-refractivity contribution in [3.05, 3.63) is 41.7 Å². The molecule has 1 amide bonds. The summed E-state index contributed by atoms with van der Waals surface area (Å²) in [6, 6.07) is 7.55. The number of hydrogen-bond donors (Lipinski definition) is 1. The number of nitrogens with zero attached hydrogens (tertiary/aromatic N) is 3. The number of carbonyl (C=O) groups is 1. The SMILES string of the molecule is C/C=C/n1nnc(C(=O)NC(C)CC)c1CCCOc1ccc(OC)cc1. The van der Waals surface area contributed by atoms with Crippen LogP contribution < -0.4 is 14.8 Å². The summed E-state index contributed by atoms with van der Waals surface area (Å²) in [5, 5.41) is 11.1. The number of benzene rings is 1. The standard InChI is InChI=1S/C20H28N4O3/c1-5-13-24-18(19(22-23-24)20(25)21-15(3)6-2)8-7-14-27-17-11-9-16(26-4)10-12-17/h5,9-13,15H,6-8,14H2,1-4H3,(H,21,25)/b13-5+. The van der Waals surface area contributed by atoms with E-state index in [4.69, 9.17) is 9.47 Å². The van der Waals surface area contributed by atoms with Crippen LogP contribution in [0.25, 0.3) is 6.20 Å². The summed E-state index contributed by atoms with van der Waals surface area (Å²) in [5.74, 6) is 1.39. The van der Waals surface area contributed by atoms with Gasteiger partial charge >= 0.3 is 0 Å². The Bertz CT molecular complexity index is 753. The number of rotatable bonds is 10. The van der Waals surface area contributed by atoms with Crippen LogP contribution >= 0.6 is 0 Å². The number of hydrogen-bond acceptors (Lipinski definition) is 5. The molecule has 0 saturated carbocycles. The summed E-state index contributed by atoms with van der Waals surface area (Å²) in [4.78, 5) is 12.5. The first kappa shape index (κ1) is 20.5. The molecule has 0 aliphatic carbocycles. The smallest absolute Gasteiger partial charge is 0.273 e. The predicted octanol–water partition coefficient (Wildman–Crippen LogP) is 3.32. The lowest BCUT2D eigenvalue weighted by atomic mass is 10.1. The Balaban J connectivity index is 1.98. The molecule has 0 radical (unpaired) electrons. The number of methoxy groups -OCH3 is 1. The molecule has 27 heavy (non-hydrogen) atoms. The Morgan fingerprint density at radius 1 is 1.30 bits per heavy atom. The molecular formula is C20H28N4O3. The number of aromatic nitrogens is 3. The van der Waals surface area contributed by atoms with Crippen LogP contribution in [-0.4, -0.2) is 40.7 Å². The van der Waals surface area contributed by atoms with Gasteiger partial charge in [0.1, 0.15) is 11.5 Å². The highest BCUT2D eigenvalue weighted by Crippen LogP contribution is 2.17. The van der Waals surface area contributed by atoms with E-state index in [1.807, 2.05) is 51.1 Å². The van der Waals surface area contributed by atoms with Gasteiger partial charge in [0.2, 0.25) is 0 Å². The summed E-state index contributed by atoms with van der Waals surface area (Å²) in [6.07, 6.45) is 5.90. The van der Waals surface area contributed by atoms with Gasteiger partial charge in [0.25, 0.3) is 5.91 Å². The average Bonchev–Trinajstić information content (AvgIpc) is 3.08. The minimum absolute atomic E-state index is 0.0932. The second-order valence-corrected chi connectivity index (χ2v) is 6.22. The summed E-state index contributed by atoms with van der Waals surface area (Å²) < 4.78 is 12.5. The molecule has 1 N–H and O–H groups in total. The fourth-order valence-corrected chi connectivity index (χ4v) is 2.48. The van der Waals surface area contributed by atoms with Crippen molar-refractivity contribution in [1.82, 2.24) is 20.3 Å². The van der Waals surface area contributed by atoms with Crippen LogP contribution in [0, 0.1) is 0 Å². The van der Waals surface area contributed by atoms with E-state index in [0.717, 1.165) is 30.0 Å². The fourth-order valence-electron chi connectivity index (χ4n) is 2.48. The van der Waals surface area contributed by atoms with E-state index in [1.165, 1.54) is 0 Å². The van der Waals surface area contributed by atoms with Crippen molar-refractivity contribution in [3.63, 3.8) is 0 Å². The minimum atomic E-state index is -0.189. The van der Waals surface area contributed by atoms with Crippen molar-refractivity contribution in [2.45, 2.75) is 46.1 Å². The van der Waals surface area contributed by atoms with Gasteiger partial charge in [0.05, 0.1) is 19.4 Å². The van der Waals surface area contributed by atoms with Crippen LogP contribution in [0.1, 0.15) is 49.8 Å². The lowest BCUT2D eigenvalue weighted by molar-refractivity contribution is 0.0933. The summed E-state index contributed by atoms with van der Waals surface area (Å²) in [5.41, 5.74) is 1.16. The quantitative estimate of drug-likeness (QED) is 0.647. The third kappa shape index (κ3) is 5.84. The van der Waals surface area contributed by atoms with E-state index in [-0.39, 0.29) is 11.9 Å². The summed E-state index contributed by atoms with van der Waals surface area (Å²) in [7, 11) is 1.63. The molecule has 2 rings (SSSR count). The molecule has 0 saturated heterocycles. The average molecular weight is 372 g/mol. The monoisotopic (exact) mass is 372 g/mol. The normalized spacial score (nSPS) is 12.1. The molecule has 1 aromatic heterocycles. The van der Waals surface area contributed by atoms with Gasteiger partial charge in [0.15, 0.2) is 5.69 Å². The molecule has 1 atom stereocenters. The number of nitrogens with one attached hydrogen (secondary N) is 1. The predicted molar refractivity (Wildman–Crippen MR) is 105 cm³/mol. The molecule has 1 aromatic carbocycles. The highest BCUT2D eigenvalue weighted by atomic mass is 16.5. The van der Waals surface area contributed by atoms with Crippen molar-refractivity contribution in [2.24, 2.45) is 0 Å². The van der Waals surface area contributed by atoms with Crippen molar-refractivity contribution >= 4 is 12.1 Å². The molecule has 7 nitrogen and oxygen atoms in total. The number of allylic oxidation sites excluding steroid dienone is 1. The first-order chi connectivity index (χ1) is 13.1. The maximum atomic E-state index is 12.5. The third-order valence-electron chi connectivity index (χ3n) is 4.17. The maximum Gasteiger partial charge on any atom is 0.273 e. The molecule has 146 valence electrons. The van der Waals surface area contributed by atoms with Gasteiger partial charge in [-0.3, -0.25) is 4.79 Å². The summed E-state index contributed by atoms with van der Waals surface area (Å²) in [6.45, 7) is 6.42. The van der Waals surface area contributed by atoms with Gasteiger partial charge < -0.3 is 14.8 Å². The largest absolute Gasteiger partial charge is 0.497 e. The van der Waals surface area contributed by atoms with E-state index < -0.39 is 0 Å². The molecule has 0 bridgehead atoms. The van der Waals surface area contributed by atoms with Crippen molar-refractivity contribution in [2.75, 3.05) is 13.7 Å². The van der Waals surface area contributed by atoms with E-state index >= 15 is 0 Å². The molecule has 1 unspecified atom stereocenters. The van der Waals surface area contributed by atoms with Gasteiger partial charge in [-0.25, -0.2) is 4.68 Å². The highest BCUT2D eigenvalue weighted by molar-refractivity contribution is 5.93. The van der Waals surface area contributed by atoms with Gasteiger partial charge in [-0.15, -0.1) is 5.10 Å². The zero-order chi connectivity index (χ0) is 19.6. The van der Waals surface area contributed by atoms with Crippen LogP contribution in [-0.2, 0) is 6.42 Å². The topological polar surface area (TPSA) is 78.3 Å². The molecular weight excluding hydrogens is 344 g/mol. The highest BCUT2D eigenvalue weighted by Gasteiger charge is 2.19. The number of carbonyl (C=O) groups excluding carboxylic acids is 1. The second-order valence-electron chi connectivity index (χ2n) is 6.22. The molecule has 0 aliphatic rings.